The van der Waals surface area contributed by atoms with Crippen LogP contribution in [0.2, 0.25) is 0 Å². The van der Waals surface area contributed by atoms with Crippen LogP contribution >= 0.6 is 0 Å². The van der Waals surface area contributed by atoms with Crippen LogP contribution in [-0.4, -0.2) is 37.3 Å². The smallest absolute Gasteiger partial charge is 0.253 e. The SMILES string of the molecule is Cc1ccc(OCC2CCN(C(=O)c3ccc4c(c3)OCO4)CC2)cc1. The maximum absolute atomic E-state index is 12.7. The lowest BCUT2D eigenvalue weighted by Crippen LogP contribution is -2.39. The zero-order valence-corrected chi connectivity index (χ0v) is 14.9. The van der Waals surface area contributed by atoms with Crippen LogP contribution in [0.1, 0.15) is 28.8 Å². The van der Waals surface area contributed by atoms with Gasteiger partial charge in [-0.05, 0) is 56.0 Å². The molecule has 136 valence electrons. The molecule has 2 aliphatic rings. The van der Waals surface area contributed by atoms with Crippen molar-refractivity contribution < 1.29 is 19.0 Å². The first-order chi connectivity index (χ1) is 12.7. The third-order valence-corrected chi connectivity index (χ3v) is 5.03. The number of likely N-dealkylation sites (tertiary alicyclic amines) is 1. The molecule has 0 radical (unpaired) electrons. The Bertz CT molecular complexity index is 779. The number of aryl methyl sites for hydroxylation is 1. The molecule has 0 unspecified atom stereocenters. The van der Waals surface area contributed by atoms with Crippen molar-refractivity contribution in [1.29, 1.82) is 0 Å². The molecule has 2 aromatic carbocycles. The normalized spacial score (nSPS) is 16.6. The van der Waals surface area contributed by atoms with Gasteiger partial charge in [-0.2, -0.15) is 0 Å². The highest BCUT2D eigenvalue weighted by Gasteiger charge is 2.25. The van der Waals surface area contributed by atoms with E-state index in [1.807, 2.05) is 23.1 Å². The first kappa shape index (κ1) is 16.8. The topological polar surface area (TPSA) is 48.0 Å². The van der Waals surface area contributed by atoms with Crippen LogP contribution in [0.5, 0.6) is 17.2 Å². The molecule has 26 heavy (non-hydrogen) atoms. The van der Waals surface area contributed by atoms with E-state index < -0.39 is 0 Å². The van der Waals surface area contributed by atoms with Gasteiger partial charge in [0.05, 0.1) is 6.61 Å². The van der Waals surface area contributed by atoms with Crippen LogP contribution in [0.4, 0.5) is 0 Å². The number of rotatable bonds is 4. The third kappa shape index (κ3) is 3.62. The van der Waals surface area contributed by atoms with Crippen molar-refractivity contribution in [2.24, 2.45) is 5.92 Å². The number of benzene rings is 2. The highest BCUT2D eigenvalue weighted by atomic mass is 16.7. The Balaban J connectivity index is 1.29. The van der Waals surface area contributed by atoms with Crippen LogP contribution in [0, 0.1) is 12.8 Å². The zero-order valence-electron chi connectivity index (χ0n) is 14.9. The van der Waals surface area contributed by atoms with E-state index in [0.29, 0.717) is 29.6 Å². The van der Waals surface area contributed by atoms with Crippen molar-refractivity contribution in [2.75, 3.05) is 26.5 Å². The first-order valence-electron chi connectivity index (χ1n) is 9.07. The summed E-state index contributed by atoms with van der Waals surface area (Å²) in [7, 11) is 0. The van der Waals surface area contributed by atoms with E-state index in [-0.39, 0.29) is 12.7 Å². The molecular formula is C21H23NO4. The second kappa shape index (κ2) is 7.28. The predicted octanol–water partition coefficient (Wildman–Crippen LogP) is 3.65. The molecule has 0 atom stereocenters. The van der Waals surface area contributed by atoms with Gasteiger partial charge in [0.1, 0.15) is 5.75 Å². The summed E-state index contributed by atoms with van der Waals surface area (Å²) < 4.78 is 16.6. The molecule has 2 aromatic rings. The van der Waals surface area contributed by atoms with Gasteiger partial charge in [-0.1, -0.05) is 17.7 Å². The molecule has 5 heteroatoms. The second-order valence-electron chi connectivity index (χ2n) is 6.93. The fraction of sp³-hybridized carbons (Fsp3) is 0.381. The quantitative estimate of drug-likeness (QED) is 0.842. The molecule has 5 nitrogen and oxygen atoms in total. The van der Waals surface area contributed by atoms with Crippen LogP contribution in [-0.2, 0) is 0 Å². The van der Waals surface area contributed by atoms with Gasteiger partial charge >= 0.3 is 0 Å². The maximum Gasteiger partial charge on any atom is 0.253 e. The molecule has 2 heterocycles. The molecule has 0 spiro atoms. The number of amides is 1. The summed E-state index contributed by atoms with van der Waals surface area (Å²) in [5.74, 6) is 2.80. The molecule has 0 aromatic heterocycles. The minimum Gasteiger partial charge on any atom is -0.493 e. The van der Waals surface area contributed by atoms with Crippen molar-refractivity contribution in [3.63, 3.8) is 0 Å². The Hall–Kier alpha value is -2.69. The Morgan fingerprint density at radius 2 is 1.81 bits per heavy atom. The van der Waals surface area contributed by atoms with Crippen molar-refractivity contribution in [3.05, 3.63) is 53.6 Å². The van der Waals surface area contributed by atoms with Gasteiger partial charge in [0, 0.05) is 18.7 Å². The summed E-state index contributed by atoms with van der Waals surface area (Å²) in [6, 6.07) is 13.5. The average molecular weight is 353 g/mol. The van der Waals surface area contributed by atoms with E-state index >= 15 is 0 Å². The highest BCUT2D eigenvalue weighted by Crippen LogP contribution is 2.33. The molecule has 0 aliphatic carbocycles. The van der Waals surface area contributed by atoms with Crippen molar-refractivity contribution >= 4 is 5.91 Å². The second-order valence-corrected chi connectivity index (χ2v) is 6.93. The van der Waals surface area contributed by atoms with Gasteiger partial charge in [0.15, 0.2) is 11.5 Å². The maximum atomic E-state index is 12.7. The lowest BCUT2D eigenvalue weighted by Gasteiger charge is -2.32. The lowest BCUT2D eigenvalue weighted by atomic mass is 9.97. The minimum absolute atomic E-state index is 0.0567. The molecular weight excluding hydrogens is 330 g/mol. The van der Waals surface area contributed by atoms with Gasteiger partial charge in [-0.25, -0.2) is 0 Å². The van der Waals surface area contributed by atoms with E-state index in [0.717, 1.165) is 31.7 Å². The summed E-state index contributed by atoms with van der Waals surface area (Å²) >= 11 is 0. The minimum atomic E-state index is 0.0567. The number of carbonyl (C=O) groups excluding carboxylic acids is 1. The van der Waals surface area contributed by atoms with Gasteiger partial charge in [0.25, 0.3) is 5.91 Å². The summed E-state index contributed by atoms with van der Waals surface area (Å²) in [5.41, 5.74) is 1.89. The predicted molar refractivity (Wildman–Crippen MR) is 97.9 cm³/mol. The van der Waals surface area contributed by atoms with E-state index in [2.05, 4.69) is 19.1 Å². The largest absolute Gasteiger partial charge is 0.493 e. The van der Waals surface area contributed by atoms with Crippen LogP contribution in [0.3, 0.4) is 0 Å². The number of piperidine rings is 1. The van der Waals surface area contributed by atoms with Crippen molar-refractivity contribution in [3.8, 4) is 17.2 Å². The highest BCUT2D eigenvalue weighted by molar-refractivity contribution is 5.95. The molecule has 0 saturated carbocycles. The molecule has 2 aliphatic heterocycles. The molecule has 0 bridgehead atoms. The lowest BCUT2D eigenvalue weighted by molar-refractivity contribution is 0.0660. The summed E-state index contributed by atoms with van der Waals surface area (Å²) in [6.45, 7) is 4.51. The number of fused-ring (bicyclic) bond motifs is 1. The summed E-state index contributed by atoms with van der Waals surface area (Å²) in [6.07, 6.45) is 1.92. The molecule has 1 amide bonds. The monoisotopic (exact) mass is 353 g/mol. The van der Waals surface area contributed by atoms with Gasteiger partial charge in [-0.3, -0.25) is 4.79 Å². The third-order valence-electron chi connectivity index (χ3n) is 5.03. The van der Waals surface area contributed by atoms with Crippen molar-refractivity contribution in [2.45, 2.75) is 19.8 Å². The van der Waals surface area contributed by atoms with Gasteiger partial charge in [-0.15, -0.1) is 0 Å². The number of carbonyl (C=O) groups is 1. The molecule has 1 saturated heterocycles. The standard InChI is InChI=1S/C21H23NO4/c1-15-2-5-18(6-3-15)24-13-16-8-10-22(11-9-16)21(23)17-4-7-19-20(12-17)26-14-25-19/h2-7,12,16H,8-11,13-14H2,1H3. The Kier molecular flexibility index (Phi) is 4.69. The fourth-order valence-electron chi connectivity index (χ4n) is 3.36. The Morgan fingerprint density at radius 3 is 2.58 bits per heavy atom. The van der Waals surface area contributed by atoms with E-state index in [4.69, 9.17) is 14.2 Å². The number of nitrogens with zero attached hydrogens (tertiary/aromatic N) is 1. The van der Waals surface area contributed by atoms with E-state index in [1.54, 1.807) is 12.1 Å². The van der Waals surface area contributed by atoms with Crippen LogP contribution in [0.25, 0.3) is 0 Å². The van der Waals surface area contributed by atoms with Gasteiger partial charge < -0.3 is 19.1 Å². The Labute approximate surface area is 153 Å². The summed E-state index contributed by atoms with van der Waals surface area (Å²) in [4.78, 5) is 14.6. The van der Waals surface area contributed by atoms with Gasteiger partial charge in [0.2, 0.25) is 6.79 Å². The molecule has 4 rings (SSSR count). The number of ether oxygens (including phenoxy) is 3. The van der Waals surface area contributed by atoms with Crippen LogP contribution in [0.15, 0.2) is 42.5 Å². The Morgan fingerprint density at radius 1 is 1.08 bits per heavy atom. The average Bonchev–Trinajstić information content (AvgIpc) is 3.15. The first-order valence-corrected chi connectivity index (χ1v) is 9.07. The molecule has 0 N–H and O–H groups in total. The van der Waals surface area contributed by atoms with Crippen LogP contribution < -0.4 is 14.2 Å². The fourth-order valence-corrected chi connectivity index (χ4v) is 3.36. The molecule has 1 fully saturated rings. The van der Waals surface area contributed by atoms with Crippen molar-refractivity contribution in [1.82, 2.24) is 4.90 Å². The zero-order chi connectivity index (χ0) is 17.9. The van der Waals surface area contributed by atoms with E-state index in [1.165, 1.54) is 5.56 Å². The number of hydrogen-bond donors (Lipinski definition) is 0. The summed E-state index contributed by atoms with van der Waals surface area (Å²) in [5, 5.41) is 0. The number of hydrogen-bond acceptors (Lipinski definition) is 4. The van der Waals surface area contributed by atoms with E-state index in [9.17, 15) is 4.79 Å².